The smallest absolute Gasteiger partial charge is 0.0589 e. The average molecular weight is 254 g/mol. The maximum atomic E-state index is 5.29. The summed E-state index contributed by atoms with van der Waals surface area (Å²) in [5, 5.41) is 3.84. The van der Waals surface area contributed by atoms with E-state index in [1.54, 1.807) is 7.11 Å². The van der Waals surface area contributed by atoms with Gasteiger partial charge in [-0.2, -0.15) is 0 Å². The minimum Gasteiger partial charge on any atom is -0.383 e. The molecule has 0 aromatic heterocycles. The maximum Gasteiger partial charge on any atom is 0.0589 e. The molecule has 18 heavy (non-hydrogen) atoms. The molecule has 2 rings (SSSR count). The summed E-state index contributed by atoms with van der Waals surface area (Å²) >= 11 is 0. The lowest BCUT2D eigenvalue weighted by atomic mass is 9.81. The predicted molar refractivity (Wildman–Crippen MR) is 75.8 cm³/mol. The molecule has 0 aromatic rings. The van der Waals surface area contributed by atoms with Crippen molar-refractivity contribution in [2.75, 3.05) is 33.4 Å². The highest BCUT2D eigenvalue weighted by atomic mass is 16.5. The molecule has 0 aromatic carbocycles. The minimum atomic E-state index is 0.325. The van der Waals surface area contributed by atoms with E-state index in [2.05, 4.69) is 37.9 Å². The Kier molecular flexibility index (Phi) is 4.05. The summed E-state index contributed by atoms with van der Waals surface area (Å²) in [5.74, 6) is 0.892. The number of nitrogens with one attached hydrogen (secondary N) is 1. The van der Waals surface area contributed by atoms with Gasteiger partial charge in [-0.15, -0.1) is 0 Å². The molecule has 0 radical (unpaired) electrons. The highest BCUT2D eigenvalue weighted by molar-refractivity contribution is 5.05. The first-order valence-corrected chi connectivity index (χ1v) is 7.35. The van der Waals surface area contributed by atoms with E-state index in [0.29, 0.717) is 17.0 Å². The second-order valence-electron chi connectivity index (χ2n) is 7.42. The Morgan fingerprint density at radius 3 is 2.50 bits per heavy atom. The molecule has 1 heterocycles. The van der Waals surface area contributed by atoms with Crippen molar-refractivity contribution in [3.63, 3.8) is 0 Å². The minimum absolute atomic E-state index is 0.325. The second-order valence-corrected chi connectivity index (χ2v) is 7.42. The summed E-state index contributed by atoms with van der Waals surface area (Å²) in [4.78, 5) is 2.65. The van der Waals surface area contributed by atoms with E-state index in [0.717, 1.165) is 25.6 Å². The van der Waals surface area contributed by atoms with Crippen molar-refractivity contribution in [1.82, 2.24) is 10.2 Å². The molecule has 1 saturated heterocycles. The SMILES string of the molecule is COCCN1CC(C)(C2CC2)NCC1C(C)(C)C. The van der Waals surface area contributed by atoms with E-state index in [1.807, 2.05) is 0 Å². The van der Waals surface area contributed by atoms with Crippen LogP contribution in [-0.4, -0.2) is 49.8 Å². The Morgan fingerprint density at radius 1 is 1.33 bits per heavy atom. The van der Waals surface area contributed by atoms with Crippen LogP contribution in [0.15, 0.2) is 0 Å². The fourth-order valence-corrected chi connectivity index (χ4v) is 3.34. The molecular weight excluding hydrogens is 224 g/mol. The second kappa shape index (κ2) is 5.10. The summed E-state index contributed by atoms with van der Waals surface area (Å²) in [5.41, 5.74) is 0.654. The molecule has 3 heteroatoms. The van der Waals surface area contributed by atoms with Crippen molar-refractivity contribution in [2.45, 2.75) is 52.1 Å². The Hall–Kier alpha value is -0.120. The molecule has 2 aliphatic rings. The molecule has 0 spiro atoms. The lowest BCUT2D eigenvalue weighted by Gasteiger charge is -2.51. The van der Waals surface area contributed by atoms with Gasteiger partial charge in [0, 0.05) is 38.3 Å². The Bertz CT molecular complexity index is 283. The summed E-state index contributed by atoms with van der Waals surface area (Å²) in [6.45, 7) is 13.6. The molecular formula is C15H30N2O. The molecule has 2 atom stereocenters. The largest absolute Gasteiger partial charge is 0.383 e. The standard InChI is InChI=1S/C15H30N2O/c1-14(2,3)13-10-16-15(4,12-6-7-12)11-17(13)8-9-18-5/h12-13,16H,6-11H2,1-5H3. The van der Waals surface area contributed by atoms with Gasteiger partial charge in [-0.3, -0.25) is 4.90 Å². The molecule has 0 bridgehead atoms. The van der Waals surface area contributed by atoms with Crippen LogP contribution in [0.2, 0.25) is 0 Å². The fraction of sp³-hybridized carbons (Fsp3) is 1.00. The number of rotatable bonds is 4. The molecule has 2 unspecified atom stereocenters. The van der Waals surface area contributed by atoms with Gasteiger partial charge in [0.1, 0.15) is 0 Å². The fourth-order valence-electron chi connectivity index (χ4n) is 3.34. The monoisotopic (exact) mass is 254 g/mol. The quantitative estimate of drug-likeness (QED) is 0.832. The third kappa shape index (κ3) is 3.06. The van der Waals surface area contributed by atoms with E-state index in [4.69, 9.17) is 4.74 Å². The van der Waals surface area contributed by atoms with Crippen LogP contribution in [0.5, 0.6) is 0 Å². The Balaban J connectivity index is 2.04. The highest BCUT2D eigenvalue weighted by Crippen LogP contribution is 2.42. The Labute approximate surface area is 112 Å². The first-order valence-electron chi connectivity index (χ1n) is 7.35. The molecule has 3 nitrogen and oxygen atoms in total. The van der Waals surface area contributed by atoms with Crippen molar-refractivity contribution >= 4 is 0 Å². The van der Waals surface area contributed by atoms with Crippen LogP contribution in [0.1, 0.15) is 40.5 Å². The molecule has 0 amide bonds. The molecule has 1 aliphatic carbocycles. The van der Waals surface area contributed by atoms with Gasteiger partial charge in [-0.1, -0.05) is 20.8 Å². The lowest BCUT2D eigenvalue weighted by molar-refractivity contribution is 0.00535. The van der Waals surface area contributed by atoms with Gasteiger partial charge in [0.25, 0.3) is 0 Å². The lowest BCUT2D eigenvalue weighted by Crippen LogP contribution is -2.67. The Morgan fingerprint density at radius 2 is 2.00 bits per heavy atom. The van der Waals surface area contributed by atoms with Crippen LogP contribution in [-0.2, 0) is 4.74 Å². The van der Waals surface area contributed by atoms with Crippen LogP contribution < -0.4 is 5.32 Å². The molecule has 1 aliphatic heterocycles. The van der Waals surface area contributed by atoms with Gasteiger partial charge in [0.05, 0.1) is 6.61 Å². The van der Waals surface area contributed by atoms with Crippen molar-refractivity contribution in [1.29, 1.82) is 0 Å². The predicted octanol–water partition coefficient (Wildman–Crippen LogP) is 2.12. The van der Waals surface area contributed by atoms with Gasteiger partial charge in [-0.05, 0) is 31.1 Å². The van der Waals surface area contributed by atoms with E-state index in [9.17, 15) is 0 Å². The number of hydrogen-bond acceptors (Lipinski definition) is 3. The van der Waals surface area contributed by atoms with E-state index < -0.39 is 0 Å². The van der Waals surface area contributed by atoms with E-state index in [-0.39, 0.29) is 0 Å². The van der Waals surface area contributed by atoms with Crippen molar-refractivity contribution in [3.05, 3.63) is 0 Å². The van der Waals surface area contributed by atoms with Gasteiger partial charge < -0.3 is 10.1 Å². The summed E-state index contributed by atoms with van der Waals surface area (Å²) in [6, 6.07) is 0.611. The van der Waals surface area contributed by atoms with Crippen LogP contribution in [0.25, 0.3) is 0 Å². The normalized spacial score (nSPS) is 34.8. The highest BCUT2D eigenvalue weighted by Gasteiger charge is 2.47. The zero-order chi connectivity index (χ0) is 13.4. The molecule has 2 fully saturated rings. The third-order valence-electron chi connectivity index (χ3n) is 4.73. The zero-order valence-electron chi connectivity index (χ0n) is 12.8. The van der Waals surface area contributed by atoms with Crippen molar-refractivity contribution in [2.24, 2.45) is 11.3 Å². The van der Waals surface area contributed by atoms with Crippen LogP contribution in [0.3, 0.4) is 0 Å². The van der Waals surface area contributed by atoms with Crippen molar-refractivity contribution < 1.29 is 4.74 Å². The van der Waals surface area contributed by atoms with Gasteiger partial charge >= 0.3 is 0 Å². The molecule has 1 N–H and O–H groups in total. The van der Waals surface area contributed by atoms with Gasteiger partial charge in [-0.25, -0.2) is 0 Å². The summed E-state index contributed by atoms with van der Waals surface area (Å²) in [7, 11) is 1.80. The number of methoxy groups -OCH3 is 1. The molecule has 1 saturated carbocycles. The number of ether oxygens (including phenoxy) is 1. The van der Waals surface area contributed by atoms with Gasteiger partial charge in [0.15, 0.2) is 0 Å². The first kappa shape index (κ1) is 14.3. The van der Waals surface area contributed by atoms with E-state index >= 15 is 0 Å². The number of hydrogen-bond donors (Lipinski definition) is 1. The average Bonchev–Trinajstić information content (AvgIpc) is 3.08. The first-order chi connectivity index (χ1) is 8.37. The number of nitrogens with zero attached hydrogens (tertiary/aromatic N) is 1. The topological polar surface area (TPSA) is 24.5 Å². The zero-order valence-corrected chi connectivity index (χ0v) is 12.8. The third-order valence-corrected chi connectivity index (χ3v) is 4.73. The summed E-state index contributed by atoms with van der Waals surface area (Å²) in [6.07, 6.45) is 2.81. The van der Waals surface area contributed by atoms with Crippen LogP contribution >= 0.6 is 0 Å². The van der Waals surface area contributed by atoms with Crippen LogP contribution in [0.4, 0.5) is 0 Å². The summed E-state index contributed by atoms with van der Waals surface area (Å²) < 4.78 is 5.29. The van der Waals surface area contributed by atoms with Gasteiger partial charge in [0.2, 0.25) is 0 Å². The van der Waals surface area contributed by atoms with E-state index in [1.165, 1.54) is 19.4 Å². The van der Waals surface area contributed by atoms with Crippen molar-refractivity contribution in [3.8, 4) is 0 Å². The maximum absolute atomic E-state index is 5.29. The number of piperazine rings is 1. The molecule has 106 valence electrons. The van der Waals surface area contributed by atoms with Crippen LogP contribution in [0, 0.1) is 11.3 Å².